The molecule has 1 atom stereocenters. The summed E-state index contributed by atoms with van der Waals surface area (Å²) in [6.45, 7) is 4.84. The lowest BCUT2D eigenvalue weighted by molar-refractivity contribution is -0.140. The largest absolute Gasteiger partial charge is 0.494 e. The Bertz CT molecular complexity index is 3820. The second-order valence-corrected chi connectivity index (χ2v) is 26.6. The monoisotopic (exact) mass is 1490 g/mol. The van der Waals surface area contributed by atoms with Crippen LogP contribution in [0.15, 0.2) is 87.3 Å². The molecule has 0 saturated carbocycles. The fraction of sp³-hybridized carbons (Fsp3) is 0.492. The van der Waals surface area contributed by atoms with Crippen LogP contribution in [0.25, 0.3) is 10.9 Å². The zero-order valence-corrected chi connectivity index (χ0v) is 59.0. The van der Waals surface area contributed by atoms with Crippen LogP contribution in [0.2, 0.25) is 0 Å². The van der Waals surface area contributed by atoms with E-state index in [0.717, 1.165) is 5.56 Å². The van der Waals surface area contributed by atoms with Gasteiger partial charge in [0.1, 0.15) is 23.1 Å². The summed E-state index contributed by atoms with van der Waals surface area (Å²) in [5, 5.41) is 52.7. The Labute approximate surface area is 595 Å². The standard InChI is InChI=1S/C65H91N13O23S2/c1-44-33-49(34-45(2)61(44)102(92,93)73-53(64(90)91)38-70-62(88)51-39-74(3)54-36-47(10-13-50(54)60(51)87)37-71-65-68-16-17-69-65)100-28-4-7-55(79)66-14-5-26-97-29-31-99-32-30-98-27-6-15-67-63(89)52(35-46-8-11-48(12-9-46)101-103(94,95)96)72-56(80)40-75-18-20-76(41-57(81)82)22-24-78(43-59(85)86)25-23-77(21-19-75)42-58(83)84/h8-13,16-17,33-34,36,39,52,94-96H,4-7,14-15,18-32,35,37-38,40-43H2,1-3H3,(H,66,79)(H,67,89)(H,70,88)(H,72,80)(H,81,82)(H,83,84)(H,85,86)(H,90,91)(H2,68,69,71)/t52-/m1/s1. The number of nitrogens with zero attached hydrogens (tertiary/aromatic N) is 7. The van der Waals surface area contributed by atoms with Crippen LogP contribution in [0.3, 0.4) is 0 Å². The number of fused-ring (bicyclic) bond motifs is 1. The van der Waals surface area contributed by atoms with E-state index >= 15 is 0 Å². The lowest BCUT2D eigenvalue weighted by Gasteiger charge is -2.33. The number of carboxylic acid groups (broad SMARTS) is 4. The number of nitrogens with one attached hydrogen (secondary N) is 6. The van der Waals surface area contributed by atoms with Crippen molar-refractivity contribution in [3.8, 4) is 11.5 Å². The number of amides is 4. The Morgan fingerprint density at radius 1 is 0.641 bits per heavy atom. The molecule has 36 nitrogen and oxygen atoms in total. The van der Waals surface area contributed by atoms with E-state index in [1.807, 2.05) is 0 Å². The number of H-pyrrole nitrogens is 1. The first-order chi connectivity index (χ1) is 49.0. The first kappa shape index (κ1) is 82.8. The Balaban J connectivity index is 0.848. The van der Waals surface area contributed by atoms with E-state index in [2.05, 4.69) is 40.9 Å². The normalized spacial score (nSPS) is 14.5. The number of anilines is 1. The highest BCUT2D eigenvalue weighted by Crippen LogP contribution is 2.36. The second kappa shape index (κ2) is 41.8. The number of carbonyl (C=O) groups excluding carboxylic acids is 4. The lowest BCUT2D eigenvalue weighted by Crippen LogP contribution is -2.53. The molecule has 4 amide bonds. The van der Waals surface area contributed by atoms with Crippen molar-refractivity contribution in [2.45, 2.75) is 63.4 Å². The van der Waals surface area contributed by atoms with Crippen LogP contribution < -0.4 is 40.9 Å². The van der Waals surface area contributed by atoms with Gasteiger partial charge in [0.2, 0.25) is 23.2 Å². The summed E-state index contributed by atoms with van der Waals surface area (Å²) in [6, 6.07) is 12.5. The highest BCUT2D eigenvalue weighted by atomic mass is 32.3. The number of imidazole rings is 1. The average molecular weight is 1490 g/mol. The average Bonchev–Trinajstić information content (AvgIpc) is 0.983. The van der Waals surface area contributed by atoms with Crippen molar-refractivity contribution in [1.29, 1.82) is 0 Å². The van der Waals surface area contributed by atoms with Crippen LogP contribution in [0.4, 0.5) is 5.95 Å². The summed E-state index contributed by atoms with van der Waals surface area (Å²) in [5.41, 5.74) is 0.462. The molecule has 5 aromatic rings. The van der Waals surface area contributed by atoms with E-state index in [4.69, 9.17) is 23.1 Å². The van der Waals surface area contributed by atoms with Gasteiger partial charge in [0.05, 0.1) is 76.2 Å². The number of pyridine rings is 1. The van der Waals surface area contributed by atoms with Gasteiger partial charge in [-0.25, -0.2) is 9.78 Å². The van der Waals surface area contributed by atoms with E-state index in [0.29, 0.717) is 61.7 Å². The predicted molar refractivity (Wildman–Crippen MR) is 375 cm³/mol. The SMILES string of the molecule is Cc1cc(OCCCC(=O)NCCCOCCOCCOCCCNC(=O)[C@@H](Cc2ccc(OS(O)(O)O)cc2)NC(=O)CN2CCN(CC(=O)O)CCN(CC(=O)O)CCN(CC(=O)O)CC2)cc(C)c1S(=O)(=O)N=C(CNC(=O)c1cn(C)c2cc(CNc3ncc[nH]3)ccc2c1=O)C(=O)O. The minimum Gasteiger partial charge on any atom is -0.494 e. The number of carbonyl (C=O) groups is 8. The van der Waals surface area contributed by atoms with Gasteiger partial charge in [-0.05, 0) is 91.8 Å². The van der Waals surface area contributed by atoms with Crippen LogP contribution in [-0.2, 0) is 77.8 Å². The minimum absolute atomic E-state index is 0.0406. The zero-order chi connectivity index (χ0) is 75.1. The van der Waals surface area contributed by atoms with Crippen molar-refractivity contribution in [3.05, 3.63) is 111 Å². The van der Waals surface area contributed by atoms with Gasteiger partial charge in [-0.15, -0.1) is 0 Å². The number of aromatic nitrogens is 3. The number of aromatic amines is 1. The van der Waals surface area contributed by atoms with Gasteiger partial charge in [0.25, 0.3) is 27.1 Å². The third-order valence-electron chi connectivity index (χ3n) is 15.8. The van der Waals surface area contributed by atoms with Gasteiger partial charge in [0.15, 0.2) is 11.7 Å². The molecule has 1 aliphatic rings. The van der Waals surface area contributed by atoms with E-state index in [9.17, 15) is 85.7 Å². The molecule has 3 aromatic carbocycles. The van der Waals surface area contributed by atoms with Crippen molar-refractivity contribution in [2.24, 2.45) is 11.4 Å². The number of sulfonamides is 1. The van der Waals surface area contributed by atoms with Crippen molar-refractivity contribution in [3.63, 3.8) is 0 Å². The van der Waals surface area contributed by atoms with Crippen molar-refractivity contribution in [1.82, 2.24) is 55.4 Å². The molecule has 103 heavy (non-hydrogen) atoms. The Kier molecular flexibility index (Phi) is 33.6. The first-order valence-corrected chi connectivity index (χ1v) is 35.7. The van der Waals surface area contributed by atoms with E-state index in [1.54, 1.807) is 61.8 Å². The summed E-state index contributed by atoms with van der Waals surface area (Å²) in [6.07, 6.45) is 5.89. The van der Waals surface area contributed by atoms with E-state index in [-0.39, 0.29) is 176 Å². The maximum Gasteiger partial charge on any atom is 0.353 e. The highest BCUT2D eigenvalue weighted by Gasteiger charge is 2.28. The number of aryl methyl sites for hydroxylation is 3. The van der Waals surface area contributed by atoms with Crippen molar-refractivity contribution < 1.29 is 104 Å². The molecular formula is C65H91N13O23S2. The molecule has 6 rings (SSSR count). The molecular weight excluding hydrogens is 1390 g/mol. The van der Waals surface area contributed by atoms with Crippen molar-refractivity contribution >= 4 is 91.2 Å². The quantitative estimate of drug-likeness (QED) is 0.0192. The minimum atomic E-state index is -4.65. The Morgan fingerprint density at radius 2 is 1.17 bits per heavy atom. The lowest BCUT2D eigenvalue weighted by atomic mass is 10.0. The second-order valence-electron chi connectivity index (χ2n) is 24.0. The molecule has 0 bridgehead atoms. The van der Waals surface area contributed by atoms with Crippen LogP contribution in [0, 0.1) is 13.8 Å². The summed E-state index contributed by atoms with van der Waals surface area (Å²) < 4.78 is 87.7. The topological polar surface area (TPSA) is 495 Å². The van der Waals surface area contributed by atoms with Crippen LogP contribution in [-0.4, -0.2) is 280 Å². The summed E-state index contributed by atoms with van der Waals surface area (Å²) in [7, 11) is -3.01. The molecule has 2 aromatic heterocycles. The molecule has 13 N–H and O–H groups in total. The number of ether oxygens (including phenoxy) is 4. The Hall–Kier alpha value is -9.19. The molecule has 0 unspecified atom stereocenters. The third kappa shape index (κ3) is 30.0. The van der Waals surface area contributed by atoms with Gasteiger partial charge >= 0.3 is 23.9 Å². The summed E-state index contributed by atoms with van der Waals surface area (Å²) in [5.74, 6) is -6.53. The Morgan fingerprint density at radius 3 is 1.70 bits per heavy atom. The number of hydrogen-bond donors (Lipinski definition) is 13. The molecule has 1 fully saturated rings. The maximum absolute atomic E-state index is 13.8. The summed E-state index contributed by atoms with van der Waals surface area (Å²) in [4.78, 5) is 127. The molecule has 1 saturated heterocycles. The van der Waals surface area contributed by atoms with Gasteiger partial charge in [-0.3, -0.25) is 71.6 Å². The van der Waals surface area contributed by atoms with E-state index < -0.39 is 86.5 Å². The molecule has 0 aliphatic carbocycles. The number of hydrogen-bond acceptors (Lipinski definition) is 25. The molecule has 1 aliphatic heterocycles. The molecule has 0 spiro atoms. The number of aliphatic carboxylic acids is 4. The number of rotatable bonds is 42. The third-order valence-corrected chi connectivity index (χ3v) is 17.8. The van der Waals surface area contributed by atoms with Gasteiger partial charge in [-0.1, -0.05) is 18.2 Å². The van der Waals surface area contributed by atoms with Crippen molar-refractivity contribution in [2.75, 3.05) is 150 Å². The summed E-state index contributed by atoms with van der Waals surface area (Å²) >= 11 is -4.32. The molecule has 38 heteroatoms. The fourth-order valence-corrected chi connectivity index (χ4v) is 12.6. The first-order valence-electron chi connectivity index (χ1n) is 32.9. The number of benzene rings is 3. The van der Waals surface area contributed by atoms with Gasteiger partial charge < -0.3 is 79.7 Å². The highest BCUT2D eigenvalue weighted by molar-refractivity contribution is 8.15. The van der Waals surface area contributed by atoms with Gasteiger partial charge in [0, 0.05) is 129 Å². The van der Waals surface area contributed by atoms with Gasteiger partial charge in [-0.2, -0.15) is 12.8 Å². The zero-order valence-electron chi connectivity index (χ0n) is 57.4. The van der Waals surface area contributed by atoms with Crippen LogP contribution >= 0.6 is 11.2 Å². The molecule has 0 radical (unpaired) electrons. The van der Waals surface area contributed by atoms with Crippen LogP contribution in [0.5, 0.6) is 11.5 Å². The van der Waals surface area contributed by atoms with E-state index in [1.165, 1.54) is 56.4 Å². The smallest absolute Gasteiger partial charge is 0.353 e. The number of carboxylic acids is 4. The maximum atomic E-state index is 13.8. The molecule has 566 valence electrons. The molecule has 3 heterocycles. The fourth-order valence-electron chi connectivity index (χ4n) is 10.8. The van der Waals surface area contributed by atoms with Crippen LogP contribution in [0.1, 0.15) is 58.3 Å². The predicted octanol–water partition coefficient (Wildman–Crippen LogP) is 1.08.